The number of nitrogens with two attached hydrogens (primary N) is 1. The Bertz CT molecular complexity index is 808. The first-order valence-corrected chi connectivity index (χ1v) is 6.61. The topological polar surface area (TPSA) is 81.2 Å². The van der Waals surface area contributed by atoms with Crippen LogP contribution in [0.2, 0.25) is 0 Å². The lowest BCUT2D eigenvalue weighted by atomic mass is 10.2. The molecule has 0 aliphatic carbocycles. The molecule has 0 unspecified atom stereocenters. The van der Waals surface area contributed by atoms with Gasteiger partial charge in [-0.3, -0.25) is 9.78 Å². The molecular formula is C16H15N3O2. The highest BCUT2D eigenvalue weighted by molar-refractivity contribution is 5.96. The number of carbonyl (C=O) groups is 1. The molecule has 0 atom stereocenters. The standard InChI is InChI=1S/C16H15N3O2/c1-10-3-2-4-13(19-10)9-18-16(20)15-8-11-7-12(17)5-6-14(11)21-15/h2-8H,9,17H2,1H3,(H,18,20). The maximum Gasteiger partial charge on any atom is 0.287 e. The van der Waals surface area contributed by atoms with Crippen LogP contribution in [0, 0.1) is 6.92 Å². The molecule has 2 aromatic heterocycles. The quantitative estimate of drug-likeness (QED) is 0.723. The second-order valence-corrected chi connectivity index (χ2v) is 4.86. The number of amides is 1. The maximum atomic E-state index is 12.1. The van der Waals surface area contributed by atoms with Crippen molar-refractivity contribution in [3.8, 4) is 0 Å². The highest BCUT2D eigenvalue weighted by Gasteiger charge is 2.12. The molecule has 0 spiro atoms. The number of nitrogens with one attached hydrogen (secondary N) is 1. The summed E-state index contributed by atoms with van der Waals surface area (Å²) in [5.74, 6) is -0.00340. The van der Waals surface area contributed by atoms with Gasteiger partial charge in [0.1, 0.15) is 5.58 Å². The van der Waals surface area contributed by atoms with E-state index in [-0.39, 0.29) is 11.7 Å². The number of furan rings is 1. The van der Waals surface area contributed by atoms with Crippen LogP contribution in [0.1, 0.15) is 21.9 Å². The molecule has 3 rings (SSSR count). The highest BCUT2D eigenvalue weighted by Crippen LogP contribution is 2.21. The van der Waals surface area contributed by atoms with E-state index in [9.17, 15) is 4.79 Å². The van der Waals surface area contributed by atoms with Gasteiger partial charge in [-0.2, -0.15) is 0 Å². The number of hydrogen-bond acceptors (Lipinski definition) is 4. The van der Waals surface area contributed by atoms with Crippen LogP contribution in [0.15, 0.2) is 46.9 Å². The van der Waals surface area contributed by atoms with Crippen LogP contribution >= 0.6 is 0 Å². The maximum absolute atomic E-state index is 12.1. The van der Waals surface area contributed by atoms with Crippen molar-refractivity contribution in [3.05, 3.63) is 59.6 Å². The lowest BCUT2D eigenvalue weighted by molar-refractivity contribution is 0.0925. The second kappa shape index (κ2) is 5.28. The van der Waals surface area contributed by atoms with E-state index in [1.165, 1.54) is 0 Å². The number of fused-ring (bicyclic) bond motifs is 1. The van der Waals surface area contributed by atoms with Crippen LogP contribution in [-0.2, 0) is 6.54 Å². The van der Waals surface area contributed by atoms with Crippen molar-refractivity contribution in [1.29, 1.82) is 0 Å². The van der Waals surface area contributed by atoms with Crippen molar-refractivity contribution in [1.82, 2.24) is 10.3 Å². The van der Waals surface area contributed by atoms with E-state index in [1.807, 2.05) is 25.1 Å². The first kappa shape index (κ1) is 13.2. The number of aryl methyl sites for hydroxylation is 1. The van der Waals surface area contributed by atoms with Crippen molar-refractivity contribution in [3.63, 3.8) is 0 Å². The number of nitrogen functional groups attached to an aromatic ring is 1. The molecule has 21 heavy (non-hydrogen) atoms. The zero-order chi connectivity index (χ0) is 14.8. The molecule has 0 radical (unpaired) electrons. The smallest absolute Gasteiger partial charge is 0.287 e. The summed E-state index contributed by atoms with van der Waals surface area (Å²) in [6.07, 6.45) is 0. The van der Waals surface area contributed by atoms with Crippen molar-refractivity contribution >= 4 is 22.6 Å². The Labute approximate surface area is 121 Å². The Hall–Kier alpha value is -2.82. The summed E-state index contributed by atoms with van der Waals surface area (Å²) in [5.41, 5.74) is 8.71. The van der Waals surface area contributed by atoms with Crippen LogP contribution in [0.5, 0.6) is 0 Å². The minimum Gasteiger partial charge on any atom is -0.451 e. The monoisotopic (exact) mass is 281 g/mol. The largest absolute Gasteiger partial charge is 0.451 e. The first-order chi connectivity index (χ1) is 10.1. The van der Waals surface area contributed by atoms with Crippen molar-refractivity contribution in [2.24, 2.45) is 0 Å². The molecule has 0 bridgehead atoms. The number of benzene rings is 1. The van der Waals surface area contributed by atoms with Crippen LogP contribution < -0.4 is 11.1 Å². The van der Waals surface area contributed by atoms with E-state index >= 15 is 0 Å². The average Bonchev–Trinajstić information content (AvgIpc) is 2.88. The van der Waals surface area contributed by atoms with Gasteiger partial charge in [0.25, 0.3) is 5.91 Å². The van der Waals surface area contributed by atoms with E-state index in [2.05, 4.69) is 10.3 Å². The van der Waals surface area contributed by atoms with Crippen LogP contribution in [0.3, 0.4) is 0 Å². The van der Waals surface area contributed by atoms with Gasteiger partial charge in [0.05, 0.1) is 12.2 Å². The van der Waals surface area contributed by atoms with Gasteiger partial charge in [-0.1, -0.05) is 6.07 Å². The Balaban J connectivity index is 1.74. The van der Waals surface area contributed by atoms with Crippen LogP contribution in [-0.4, -0.2) is 10.9 Å². The summed E-state index contributed by atoms with van der Waals surface area (Å²) in [7, 11) is 0. The van der Waals surface area contributed by atoms with Crippen molar-refractivity contribution < 1.29 is 9.21 Å². The molecule has 2 heterocycles. The fourth-order valence-corrected chi connectivity index (χ4v) is 2.13. The van der Waals surface area contributed by atoms with Crippen LogP contribution in [0.25, 0.3) is 11.0 Å². The van der Waals surface area contributed by atoms with Crippen molar-refractivity contribution in [2.45, 2.75) is 13.5 Å². The van der Waals surface area contributed by atoms with Gasteiger partial charge < -0.3 is 15.5 Å². The van der Waals surface area contributed by atoms with E-state index < -0.39 is 0 Å². The number of hydrogen-bond donors (Lipinski definition) is 2. The summed E-state index contributed by atoms with van der Waals surface area (Å²) >= 11 is 0. The molecule has 106 valence electrons. The lowest BCUT2D eigenvalue weighted by Gasteiger charge is -2.03. The molecule has 0 saturated heterocycles. The van der Waals surface area contributed by atoms with Crippen molar-refractivity contribution in [2.75, 3.05) is 5.73 Å². The fraction of sp³-hybridized carbons (Fsp3) is 0.125. The number of pyridine rings is 1. The second-order valence-electron chi connectivity index (χ2n) is 4.86. The van der Waals surface area contributed by atoms with Gasteiger partial charge in [0.2, 0.25) is 0 Å². The van der Waals surface area contributed by atoms with E-state index in [4.69, 9.17) is 10.2 Å². The SMILES string of the molecule is Cc1cccc(CNC(=O)c2cc3cc(N)ccc3o2)n1. The minimum absolute atomic E-state index is 0.267. The predicted molar refractivity (Wildman–Crippen MR) is 80.8 cm³/mol. The molecule has 3 N–H and O–H groups in total. The third-order valence-electron chi connectivity index (χ3n) is 3.14. The third kappa shape index (κ3) is 2.86. The van der Waals surface area contributed by atoms with E-state index in [1.54, 1.807) is 24.3 Å². The average molecular weight is 281 g/mol. The first-order valence-electron chi connectivity index (χ1n) is 6.61. The summed E-state index contributed by atoms with van der Waals surface area (Å²) < 4.78 is 5.51. The number of anilines is 1. The highest BCUT2D eigenvalue weighted by atomic mass is 16.3. The Morgan fingerprint density at radius 1 is 1.29 bits per heavy atom. The van der Waals surface area contributed by atoms with Crippen LogP contribution in [0.4, 0.5) is 5.69 Å². The van der Waals surface area contributed by atoms with Gasteiger partial charge >= 0.3 is 0 Å². The molecule has 3 aromatic rings. The van der Waals surface area contributed by atoms with Gasteiger partial charge in [0.15, 0.2) is 5.76 Å². The molecule has 0 aliphatic heterocycles. The zero-order valence-electron chi connectivity index (χ0n) is 11.6. The summed E-state index contributed by atoms with van der Waals surface area (Å²) in [6.45, 7) is 2.27. The molecule has 5 heteroatoms. The normalized spacial score (nSPS) is 10.7. The Kier molecular flexibility index (Phi) is 3.31. The predicted octanol–water partition coefficient (Wildman–Crippen LogP) is 2.65. The van der Waals surface area contributed by atoms with Gasteiger partial charge in [-0.25, -0.2) is 0 Å². The number of nitrogens with zero attached hydrogens (tertiary/aromatic N) is 1. The molecule has 0 fully saturated rings. The van der Waals surface area contributed by atoms with Gasteiger partial charge in [0, 0.05) is 16.8 Å². The Morgan fingerprint density at radius 2 is 2.14 bits per heavy atom. The number of aromatic nitrogens is 1. The van der Waals surface area contributed by atoms with Gasteiger partial charge in [-0.05, 0) is 43.3 Å². The van der Waals surface area contributed by atoms with Gasteiger partial charge in [-0.15, -0.1) is 0 Å². The third-order valence-corrected chi connectivity index (χ3v) is 3.14. The molecule has 5 nitrogen and oxygen atoms in total. The molecular weight excluding hydrogens is 266 g/mol. The molecule has 0 saturated carbocycles. The summed E-state index contributed by atoms with van der Waals surface area (Å²) in [6, 6.07) is 12.6. The zero-order valence-corrected chi connectivity index (χ0v) is 11.6. The number of carbonyl (C=O) groups excluding carboxylic acids is 1. The summed E-state index contributed by atoms with van der Waals surface area (Å²) in [4.78, 5) is 16.4. The summed E-state index contributed by atoms with van der Waals surface area (Å²) in [5, 5.41) is 3.61. The molecule has 1 amide bonds. The Morgan fingerprint density at radius 3 is 2.95 bits per heavy atom. The molecule has 1 aromatic carbocycles. The lowest BCUT2D eigenvalue weighted by Crippen LogP contribution is -2.22. The molecule has 0 aliphatic rings. The minimum atomic E-state index is -0.270. The fourth-order valence-electron chi connectivity index (χ4n) is 2.13. The van der Waals surface area contributed by atoms with E-state index in [0.29, 0.717) is 17.8 Å². The number of rotatable bonds is 3. The van der Waals surface area contributed by atoms with E-state index in [0.717, 1.165) is 16.8 Å².